The first-order valence-corrected chi connectivity index (χ1v) is 10.5. The van der Waals surface area contributed by atoms with Crippen molar-refractivity contribution in [2.75, 3.05) is 7.11 Å². The van der Waals surface area contributed by atoms with Gasteiger partial charge in [-0.25, -0.2) is 4.79 Å². The number of ketones is 1. The van der Waals surface area contributed by atoms with Gasteiger partial charge in [-0.3, -0.25) is 4.79 Å². The highest BCUT2D eigenvalue weighted by atomic mass is 16.5. The van der Waals surface area contributed by atoms with Crippen molar-refractivity contribution in [3.05, 3.63) is 108 Å². The van der Waals surface area contributed by atoms with Crippen LogP contribution >= 0.6 is 0 Å². The van der Waals surface area contributed by atoms with Crippen LogP contribution in [0.3, 0.4) is 0 Å². The molecule has 0 aromatic heterocycles. The molecule has 0 aliphatic carbocycles. The Labute approximate surface area is 187 Å². The second-order valence-corrected chi connectivity index (χ2v) is 7.70. The summed E-state index contributed by atoms with van der Waals surface area (Å²) in [5.41, 5.74) is 3.92. The molecular formula is C28H24O4. The fraction of sp³-hybridized carbons (Fsp3) is 0.143. The number of esters is 1. The normalized spacial score (nSPS) is 11.8. The quantitative estimate of drug-likeness (QED) is 0.292. The maximum absolute atomic E-state index is 12.6. The van der Waals surface area contributed by atoms with E-state index in [0.717, 1.165) is 27.5 Å². The van der Waals surface area contributed by atoms with Gasteiger partial charge in [0.25, 0.3) is 0 Å². The highest BCUT2D eigenvalue weighted by molar-refractivity contribution is 5.98. The summed E-state index contributed by atoms with van der Waals surface area (Å²) in [6, 6.07) is 28.6. The monoisotopic (exact) mass is 424 g/mol. The zero-order chi connectivity index (χ0) is 22.5. The van der Waals surface area contributed by atoms with Crippen LogP contribution in [0, 0.1) is 0 Å². The van der Waals surface area contributed by atoms with E-state index in [-0.39, 0.29) is 12.2 Å². The fourth-order valence-corrected chi connectivity index (χ4v) is 3.86. The minimum absolute atomic E-state index is 0.0776. The third-order valence-electron chi connectivity index (χ3n) is 5.65. The van der Waals surface area contributed by atoms with Gasteiger partial charge in [0.2, 0.25) is 0 Å². The molecule has 1 N–H and O–H groups in total. The van der Waals surface area contributed by atoms with Crippen LogP contribution in [0.15, 0.2) is 91.0 Å². The molecule has 1 unspecified atom stereocenters. The minimum Gasteiger partial charge on any atom is -0.465 e. The van der Waals surface area contributed by atoms with Gasteiger partial charge in [0, 0.05) is 12.0 Å². The minimum atomic E-state index is -0.749. The number of hydrogen-bond acceptors (Lipinski definition) is 4. The summed E-state index contributed by atoms with van der Waals surface area (Å²) in [4.78, 5) is 24.1. The number of carbonyl (C=O) groups is 2. The number of methoxy groups -OCH3 is 1. The average Bonchev–Trinajstić information content (AvgIpc) is 2.86. The van der Waals surface area contributed by atoms with E-state index in [2.05, 4.69) is 29.0 Å². The molecule has 0 fully saturated rings. The van der Waals surface area contributed by atoms with Crippen molar-refractivity contribution in [2.45, 2.75) is 18.9 Å². The molecule has 0 aliphatic heterocycles. The smallest absolute Gasteiger partial charge is 0.337 e. The molecule has 0 spiro atoms. The molecule has 0 amide bonds. The van der Waals surface area contributed by atoms with Crippen LogP contribution in [0.4, 0.5) is 0 Å². The van der Waals surface area contributed by atoms with Crippen LogP contribution in [0.5, 0.6) is 0 Å². The Kier molecular flexibility index (Phi) is 6.43. The number of Topliss-reactive ketones (excluding diaryl/α,β-unsaturated/α-hetero) is 1. The topological polar surface area (TPSA) is 63.6 Å². The summed E-state index contributed by atoms with van der Waals surface area (Å²) in [6.45, 7) is 0. The Morgan fingerprint density at radius 2 is 1.56 bits per heavy atom. The SMILES string of the molecule is COC(=O)c1ccc(C(=O)CCC(O)c2ccc3cccc(-c4ccccc4)c3c2)cc1. The summed E-state index contributed by atoms with van der Waals surface area (Å²) in [5.74, 6) is -0.517. The molecule has 1 atom stereocenters. The van der Waals surface area contributed by atoms with Gasteiger partial charge in [-0.1, -0.05) is 72.8 Å². The molecule has 0 saturated carbocycles. The van der Waals surface area contributed by atoms with Crippen molar-refractivity contribution in [1.82, 2.24) is 0 Å². The van der Waals surface area contributed by atoms with Gasteiger partial charge in [0.1, 0.15) is 0 Å². The van der Waals surface area contributed by atoms with Crippen LogP contribution in [0.1, 0.15) is 45.2 Å². The molecule has 160 valence electrons. The third-order valence-corrected chi connectivity index (χ3v) is 5.65. The maximum atomic E-state index is 12.6. The molecule has 0 heterocycles. The summed E-state index contributed by atoms with van der Waals surface area (Å²) in [6.07, 6.45) is -0.227. The molecule has 0 aliphatic rings. The zero-order valence-corrected chi connectivity index (χ0v) is 17.8. The largest absolute Gasteiger partial charge is 0.465 e. The summed E-state index contributed by atoms with van der Waals surface area (Å²) >= 11 is 0. The molecule has 4 heteroatoms. The van der Waals surface area contributed by atoms with Crippen LogP contribution in [0.25, 0.3) is 21.9 Å². The van der Waals surface area contributed by atoms with Crippen molar-refractivity contribution in [1.29, 1.82) is 0 Å². The molecule has 0 saturated heterocycles. The molecule has 4 nitrogen and oxygen atoms in total. The van der Waals surface area contributed by atoms with E-state index in [9.17, 15) is 14.7 Å². The van der Waals surface area contributed by atoms with Gasteiger partial charge in [-0.15, -0.1) is 0 Å². The number of aliphatic hydroxyl groups is 1. The van der Waals surface area contributed by atoms with Gasteiger partial charge in [0.15, 0.2) is 5.78 Å². The lowest BCUT2D eigenvalue weighted by Gasteiger charge is -2.14. The first-order valence-electron chi connectivity index (χ1n) is 10.5. The summed E-state index contributed by atoms with van der Waals surface area (Å²) in [7, 11) is 1.32. The summed E-state index contributed by atoms with van der Waals surface area (Å²) < 4.78 is 4.67. The molecular weight excluding hydrogens is 400 g/mol. The Morgan fingerprint density at radius 1 is 0.844 bits per heavy atom. The second-order valence-electron chi connectivity index (χ2n) is 7.70. The van der Waals surface area contributed by atoms with E-state index in [0.29, 0.717) is 17.5 Å². The van der Waals surface area contributed by atoms with Crippen molar-refractivity contribution in [2.24, 2.45) is 0 Å². The van der Waals surface area contributed by atoms with Gasteiger partial charge in [-0.05, 0) is 52.1 Å². The number of aliphatic hydroxyl groups excluding tert-OH is 1. The Bertz CT molecular complexity index is 1240. The predicted molar refractivity (Wildman–Crippen MR) is 126 cm³/mol. The molecule has 32 heavy (non-hydrogen) atoms. The van der Waals surface area contributed by atoms with Crippen LogP contribution in [0.2, 0.25) is 0 Å². The van der Waals surface area contributed by atoms with Crippen LogP contribution in [-0.4, -0.2) is 24.0 Å². The Balaban J connectivity index is 1.50. The highest BCUT2D eigenvalue weighted by Gasteiger charge is 2.14. The fourth-order valence-electron chi connectivity index (χ4n) is 3.86. The van der Waals surface area contributed by atoms with E-state index >= 15 is 0 Å². The lowest BCUT2D eigenvalue weighted by Crippen LogP contribution is -2.06. The van der Waals surface area contributed by atoms with Crippen molar-refractivity contribution in [3.8, 4) is 11.1 Å². The molecule has 4 rings (SSSR count). The lowest BCUT2D eigenvalue weighted by molar-refractivity contribution is 0.0600. The number of fused-ring (bicyclic) bond motifs is 1. The number of hydrogen-bond donors (Lipinski definition) is 1. The molecule has 4 aromatic rings. The van der Waals surface area contributed by atoms with Crippen LogP contribution in [-0.2, 0) is 4.74 Å². The number of ether oxygens (including phenoxy) is 1. The molecule has 0 radical (unpaired) electrons. The molecule has 4 aromatic carbocycles. The van der Waals surface area contributed by atoms with Crippen LogP contribution < -0.4 is 0 Å². The van der Waals surface area contributed by atoms with E-state index < -0.39 is 12.1 Å². The van der Waals surface area contributed by atoms with Crippen molar-refractivity contribution >= 4 is 22.5 Å². The maximum Gasteiger partial charge on any atom is 0.337 e. The van der Waals surface area contributed by atoms with Gasteiger partial charge in [0.05, 0.1) is 18.8 Å². The number of rotatable bonds is 7. The summed E-state index contributed by atoms with van der Waals surface area (Å²) in [5, 5.41) is 12.9. The second kappa shape index (κ2) is 9.58. The highest BCUT2D eigenvalue weighted by Crippen LogP contribution is 2.31. The standard InChI is InChI=1S/C28H24O4/c1-32-28(31)22-13-11-21(12-14-22)26(29)16-17-27(30)23-15-10-20-8-5-9-24(25(20)18-23)19-6-3-2-4-7-19/h2-15,18,27,30H,16-17H2,1H3. The third kappa shape index (κ3) is 4.61. The van der Waals surface area contributed by atoms with E-state index in [1.165, 1.54) is 7.11 Å². The van der Waals surface area contributed by atoms with E-state index in [4.69, 9.17) is 0 Å². The van der Waals surface area contributed by atoms with E-state index in [1.54, 1.807) is 24.3 Å². The van der Waals surface area contributed by atoms with Gasteiger partial charge >= 0.3 is 5.97 Å². The Morgan fingerprint density at radius 3 is 2.28 bits per heavy atom. The van der Waals surface area contributed by atoms with E-state index in [1.807, 2.05) is 42.5 Å². The first-order chi connectivity index (χ1) is 15.6. The molecule has 0 bridgehead atoms. The zero-order valence-electron chi connectivity index (χ0n) is 17.8. The Hall–Kier alpha value is -3.76. The van der Waals surface area contributed by atoms with Gasteiger partial charge < -0.3 is 9.84 Å². The predicted octanol–water partition coefficient (Wildman–Crippen LogP) is 5.99. The average molecular weight is 424 g/mol. The lowest BCUT2D eigenvalue weighted by atomic mass is 9.94. The van der Waals surface area contributed by atoms with Crippen molar-refractivity contribution < 1.29 is 19.4 Å². The first kappa shape index (κ1) is 21.5. The number of benzene rings is 4. The van der Waals surface area contributed by atoms with Crippen molar-refractivity contribution in [3.63, 3.8) is 0 Å². The van der Waals surface area contributed by atoms with Gasteiger partial charge in [-0.2, -0.15) is 0 Å². The number of carbonyl (C=O) groups excluding carboxylic acids is 2.